The van der Waals surface area contributed by atoms with Crippen LogP contribution in [0.3, 0.4) is 0 Å². The summed E-state index contributed by atoms with van der Waals surface area (Å²) in [7, 11) is 0. The first-order valence-corrected chi connectivity index (χ1v) is 3.02. The van der Waals surface area contributed by atoms with Gasteiger partial charge in [0.05, 0.1) is 6.54 Å². The molecular weight excluding hydrogens is 207 g/mol. The van der Waals surface area contributed by atoms with Crippen molar-refractivity contribution in [1.29, 1.82) is 0 Å². The first kappa shape index (κ1) is 12.5. The lowest BCUT2D eigenvalue weighted by Crippen LogP contribution is -2.58. The second kappa shape index (κ2) is 3.32. The maximum absolute atomic E-state index is 12.2. The Morgan fingerprint density at radius 3 is 1.46 bits per heavy atom. The van der Waals surface area contributed by atoms with E-state index in [0.717, 1.165) is 0 Å². The molecule has 0 bridgehead atoms. The predicted molar refractivity (Wildman–Crippen MR) is 29.9 cm³/mol. The number of nitrogens with two attached hydrogens (primary N) is 1. The Labute approximate surface area is 68.7 Å². The highest BCUT2D eigenvalue weighted by atomic mass is 19.3. The quantitative estimate of drug-likeness (QED) is 0.708. The zero-order valence-electron chi connectivity index (χ0n) is 6.14. The fourth-order valence-corrected chi connectivity index (χ4v) is 0.480. The largest absolute Gasteiger partial charge is 0.375 e. The van der Waals surface area contributed by atoms with Gasteiger partial charge < -0.3 is 5.73 Å². The molecule has 0 saturated carbocycles. The second-order valence-electron chi connectivity index (χ2n) is 2.32. The van der Waals surface area contributed by atoms with Gasteiger partial charge in [0.15, 0.2) is 6.67 Å². The van der Waals surface area contributed by atoms with Crippen LogP contribution >= 0.6 is 0 Å². The van der Waals surface area contributed by atoms with Crippen LogP contribution in [0.5, 0.6) is 0 Å². The van der Waals surface area contributed by atoms with Gasteiger partial charge in [-0.1, -0.05) is 0 Å². The van der Waals surface area contributed by atoms with Crippen LogP contribution in [0.15, 0.2) is 0 Å². The summed E-state index contributed by atoms with van der Waals surface area (Å²) in [4.78, 5) is 0. The van der Waals surface area contributed by atoms with Crippen LogP contribution in [0.4, 0.5) is 30.7 Å². The van der Waals surface area contributed by atoms with E-state index < -0.39 is 31.0 Å². The normalized spacial score (nSPS) is 14.8. The van der Waals surface area contributed by atoms with Crippen molar-refractivity contribution < 1.29 is 30.7 Å². The summed E-state index contributed by atoms with van der Waals surface area (Å²) in [6, 6.07) is 0. The molecule has 0 unspecified atom stereocenters. The van der Waals surface area contributed by atoms with Crippen LogP contribution in [0.1, 0.15) is 0 Å². The van der Waals surface area contributed by atoms with Gasteiger partial charge in [-0.3, -0.25) is 0 Å². The number of rotatable bonds is 4. The van der Waals surface area contributed by atoms with Gasteiger partial charge in [0.25, 0.3) is 0 Å². The third-order valence-electron chi connectivity index (χ3n) is 1.34. The number of alkyl halides is 7. The molecule has 0 rings (SSSR count). The van der Waals surface area contributed by atoms with E-state index in [1.54, 1.807) is 0 Å². The monoisotopic (exact) mass is 213 g/mol. The van der Waals surface area contributed by atoms with Gasteiger partial charge in [0, 0.05) is 0 Å². The molecule has 0 aromatic rings. The summed E-state index contributed by atoms with van der Waals surface area (Å²) in [5, 5.41) is 0. The third-order valence-corrected chi connectivity index (χ3v) is 1.34. The van der Waals surface area contributed by atoms with Gasteiger partial charge in [-0.2, -0.15) is 26.3 Å². The van der Waals surface area contributed by atoms with Gasteiger partial charge >= 0.3 is 17.8 Å². The van der Waals surface area contributed by atoms with Crippen molar-refractivity contribution in [3.8, 4) is 0 Å². The van der Waals surface area contributed by atoms with E-state index in [1.807, 2.05) is 0 Å². The van der Waals surface area contributed by atoms with Crippen LogP contribution in [0, 0.1) is 0 Å². The second-order valence-corrected chi connectivity index (χ2v) is 2.32. The molecular formula is C5H6F7N. The molecule has 0 aliphatic heterocycles. The first-order chi connectivity index (χ1) is 5.62. The Bertz CT molecular complexity index is 160. The van der Waals surface area contributed by atoms with Gasteiger partial charge in [0.2, 0.25) is 0 Å². The molecule has 1 nitrogen and oxygen atoms in total. The molecule has 0 atom stereocenters. The highest BCUT2D eigenvalue weighted by molar-refractivity contribution is 4.96. The molecule has 0 spiro atoms. The van der Waals surface area contributed by atoms with Crippen molar-refractivity contribution >= 4 is 0 Å². The fourth-order valence-electron chi connectivity index (χ4n) is 0.480. The third kappa shape index (κ3) is 1.87. The molecule has 0 aliphatic rings. The fraction of sp³-hybridized carbons (Fsp3) is 1.00. The molecule has 80 valence electrons. The summed E-state index contributed by atoms with van der Waals surface area (Å²) >= 11 is 0. The van der Waals surface area contributed by atoms with E-state index in [2.05, 4.69) is 5.73 Å². The maximum Gasteiger partial charge on any atom is 0.375 e. The van der Waals surface area contributed by atoms with E-state index >= 15 is 0 Å². The van der Waals surface area contributed by atoms with Crippen LogP contribution in [-0.2, 0) is 0 Å². The molecule has 2 N–H and O–H groups in total. The summed E-state index contributed by atoms with van der Waals surface area (Å²) in [6.07, 6.45) is 0. The molecule has 0 radical (unpaired) electrons. The SMILES string of the molecule is NCC(F)(F)C(F)(F)C(F)(F)CF. The average molecular weight is 213 g/mol. The summed E-state index contributed by atoms with van der Waals surface area (Å²) in [5.74, 6) is -16.3. The Morgan fingerprint density at radius 2 is 1.23 bits per heavy atom. The highest BCUT2D eigenvalue weighted by Crippen LogP contribution is 2.45. The Morgan fingerprint density at radius 1 is 0.846 bits per heavy atom. The molecule has 0 aliphatic carbocycles. The Kier molecular flexibility index (Phi) is 3.18. The summed E-state index contributed by atoms with van der Waals surface area (Å²) < 4.78 is 83.7. The van der Waals surface area contributed by atoms with Crippen molar-refractivity contribution in [3.63, 3.8) is 0 Å². The van der Waals surface area contributed by atoms with Gasteiger partial charge in [-0.15, -0.1) is 0 Å². The molecule has 0 heterocycles. The topological polar surface area (TPSA) is 26.0 Å². The first-order valence-electron chi connectivity index (χ1n) is 3.02. The number of hydrogen-bond donors (Lipinski definition) is 1. The van der Waals surface area contributed by atoms with Crippen LogP contribution in [0.2, 0.25) is 0 Å². The molecule has 0 aromatic heterocycles. The number of hydrogen-bond acceptors (Lipinski definition) is 1. The minimum atomic E-state index is -5.77. The van der Waals surface area contributed by atoms with Crippen LogP contribution < -0.4 is 5.73 Å². The summed E-state index contributed by atoms with van der Waals surface area (Å²) in [5.41, 5.74) is 4.16. The Balaban J connectivity index is 4.95. The predicted octanol–water partition coefficient (Wildman–Crippen LogP) is 1.82. The number of halogens is 7. The van der Waals surface area contributed by atoms with Gasteiger partial charge in [0.1, 0.15) is 0 Å². The molecule has 0 amide bonds. The van der Waals surface area contributed by atoms with Crippen molar-refractivity contribution in [3.05, 3.63) is 0 Å². The summed E-state index contributed by atoms with van der Waals surface area (Å²) in [6.45, 7) is -4.84. The minimum Gasteiger partial charge on any atom is -0.325 e. The van der Waals surface area contributed by atoms with Crippen molar-refractivity contribution in [2.45, 2.75) is 17.8 Å². The van der Waals surface area contributed by atoms with Crippen molar-refractivity contribution in [1.82, 2.24) is 0 Å². The van der Waals surface area contributed by atoms with E-state index in [4.69, 9.17) is 0 Å². The lowest BCUT2D eigenvalue weighted by molar-refractivity contribution is -0.307. The van der Waals surface area contributed by atoms with E-state index in [9.17, 15) is 30.7 Å². The molecule has 0 aromatic carbocycles. The van der Waals surface area contributed by atoms with Crippen molar-refractivity contribution in [2.75, 3.05) is 13.2 Å². The Hall–Kier alpha value is -0.530. The standard InChI is InChI=1S/C5H6F7N/c6-1-3(7,8)5(11,12)4(9,10)2-13/h1-2,13H2. The van der Waals surface area contributed by atoms with E-state index in [0.29, 0.717) is 0 Å². The smallest absolute Gasteiger partial charge is 0.325 e. The van der Waals surface area contributed by atoms with E-state index in [1.165, 1.54) is 0 Å². The highest BCUT2D eigenvalue weighted by Gasteiger charge is 2.70. The minimum absolute atomic E-state index is 1.98. The van der Waals surface area contributed by atoms with Gasteiger partial charge in [-0.25, -0.2) is 4.39 Å². The van der Waals surface area contributed by atoms with Gasteiger partial charge in [-0.05, 0) is 0 Å². The van der Waals surface area contributed by atoms with E-state index in [-0.39, 0.29) is 0 Å². The lowest BCUT2D eigenvalue weighted by Gasteiger charge is -2.30. The zero-order valence-corrected chi connectivity index (χ0v) is 6.14. The maximum atomic E-state index is 12.2. The molecule has 8 heteroatoms. The lowest BCUT2D eigenvalue weighted by atomic mass is 10.1. The molecule has 0 saturated heterocycles. The average Bonchev–Trinajstić information content (AvgIpc) is 2.03. The zero-order chi connectivity index (χ0) is 10.9. The molecule has 13 heavy (non-hydrogen) atoms. The van der Waals surface area contributed by atoms with Crippen molar-refractivity contribution in [2.24, 2.45) is 5.73 Å². The molecule has 0 fully saturated rings. The van der Waals surface area contributed by atoms with Crippen LogP contribution in [-0.4, -0.2) is 31.0 Å². The van der Waals surface area contributed by atoms with Crippen LogP contribution in [0.25, 0.3) is 0 Å².